The summed E-state index contributed by atoms with van der Waals surface area (Å²) in [5.41, 5.74) is 1.48. The molecule has 3 rings (SSSR count). The zero-order chi connectivity index (χ0) is 17.5. The van der Waals surface area contributed by atoms with E-state index in [1.807, 2.05) is 18.2 Å². The molecule has 5 heteroatoms. The molecule has 1 unspecified atom stereocenters. The third-order valence-corrected chi connectivity index (χ3v) is 4.31. The number of morpholine rings is 1. The number of carbonyl (C=O) groups is 1. The molecular weight excluding hydrogens is 318 g/mol. The first-order valence-electron chi connectivity index (χ1n) is 8.55. The van der Waals surface area contributed by atoms with E-state index in [4.69, 9.17) is 9.47 Å². The van der Waals surface area contributed by atoms with E-state index in [1.54, 1.807) is 24.3 Å². The van der Waals surface area contributed by atoms with Gasteiger partial charge in [-0.05, 0) is 24.1 Å². The molecule has 2 aromatic rings. The number of aromatic carboxylic acids is 1. The van der Waals surface area contributed by atoms with Crippen molar-refractivity contribution in [2.75, 3.05) is 32.8 Å². The van der Waals surface area contributed by atoms with Gasteiger partial charge in [-0.2, -0.15) is 0 Å². The lowest BCUT2D eigenvalue weighted by Gasteiger charge is -2.33. The van der Waals surface area contributed by atoms with Gasteiger partial charge in [-0.3, -0.25) is 4.90 Å². The number of hydrogen-bond acceptors (Lipinski definition) is 4. The molecule has 0 saturated carbocycles. The Balaban J connectivity index is 1.48. The molecule has 0 spiro atoms. The summed E-state index contributed by atoms with van der Waals surface area (Å²) in [6.45, 7) is 3.65. The molecule has 25 heavy (non-hydrogen) atoms. The van der Waals surface area contributed by atoms with Crippen LogP contribution in [0.25, 0.3) is 0 Å². The third-order valence-electron chi connectivity index (χ3n) is 4.31. The number of rotatable bonds is 7. The van der Waals surface area contributed by atoms with Crippen molar-refractivity contribution < 1.29 is 19.4 Å². The summed E-state index contributed by atoms with van der Waals surface area (Å²) < 4.78 is 11.6. The highest BCUT2D eigenvalue weighted by atomic mass is 16.5. The molecule has 0 bridgehead atoms. The molecule has 5 nitrogen and oxygen atoms in total. The molecule has 1 atom stereocenters. The zero-order valence-electron chi connectivity index (χ0n) is 14.1. The quantitative estimate of drug-likeness (QED) is 0.839. The van der Waals surface area contributed by atoms with Crippen LogP contribution in [0.5, 0.6) is 5.75 Å². The van der Waals surface area contributed by atoms with Gasteiger partial charge in [0.2, 0.25) is 0 Å². The van der Waals surface area contributed by atoms with Gasteiger partial charge in [-0.1, -0.05) is 42.5 Å². The van der Waals surface area contributed by atoms with E-state index in [1.165, 1.54) is 5.56 Å². The van der Waals surface area contributed by atoms with E-state index >= 15 is 0 Å². The molecule has 132 valence electrons. The van der Waals surface area contributed by atoms with Crippen LogP contribution in [0.3, 0.4) is 0 Å². The lowest BCUT2D eigenvalue weighted by atomic mass is 10.1. The maximum atomic E-state index is 11.2. The summed E-state index contributed by atoms with van der Waals surface area (Å²) in [4.78, 5) is 13.5. The van der Waals surface area contributed by atoms with Crippen LogP contribution in [0.1, 0.15) is 15.9 Å². The SMILES string of the molecule is O=C(O)c1ccccc1OCCN1CCOC(Cc2ccccc2)C1. The summed E-state index contributed by atoms with van der Waals surface area (Å²) in [6, 6.07) is 17.1. The monoisotopic (exact) mass is 341 g/mol. The standard InChI is InChI=1S/C20H23NO4/c22-20(23)18-8-4-5-9-19(18)25-13-11-21-10-12-24-17(15-21)14-16-6-2-1-3-7-16/h1-9,17H,10-15H2,(H,22,23). The minimum Gasteiger partial charge on any atom is -0.491 e. The summed E-state index contributed by atoms with van der Waals surface area (Å²) >= 11 is 0. The van der Waals surface area contributed by atoms with E-state index in [2.05, 4.69) is 17.0 Å². The van der Waals surface area contributed by atoms with Crippen LogP contribution < -0.4 is 4.74 Å². The van der Waals surface area contributed by atoms with Crippen LogP contribution in [0.4, 0.5) is 0 Å². The van der Waals surface area contributed by atoms with Crippen LogP contribution in [0, 0.1) is 0 Å². The van der Waals surface area contributed by atoms with Crippen LogP contribution in [0.15, 0.2) is 54.6 Å². The highest BCUT2D eigenvalue weighted by Gasteiger charge is 2.20. The fourth-order valence-electron chi connectivity index (χ4n) is 3.04. The first-order chi connectivity index (χ1) is 12.2. The highest BCUT2D eigenvalue weighted by molar-refractivity contribution is 5.90. The predicted octanol–water partition coefficient (Wildman–Crippen LogP) is 2.71. The van der Waals surface area contributed by atoms with Crippen LogP contribution >= 0.6 is 0 Å². The highest BCUT2D eigenvalue weighted by Crippen LogP contribution is 2.18. The topological polar surface area (TPSA) is 59.0 Å². The Hall–Kier alpha value is -2.37. The first-order valence-corrected chi connectivity index (χ1v) is 8.55. The lowest BCUT2D eigenvalue weighted by molar-refractivity contribution is -0.0305. The van der Waals surface area contributed by atoms with Gasteiger partial charge in [-0.25, -0.2) is 4.79 Å². The van der Waals surface area contributed by atoms with Gasteiger partial charge < -0.3 is 14.6 Å². The number of benzene rings is 2. The van der Waals surface area contributed by atoms with Crippen LogP contribution in [-0.2, 0) is 11.2 Å². The van der Waals surface area contributed by atoms with E-state index in [9.17, 15) is 9.90 Å². The first kappa shape index (κ1) is 17.5. The average molecular weight is 341 g/mol. The minimum absolute atomic E-state index is 0.183. The second kappa shape index (κ2) is 8.65. The van der Waals surface area contributed by atoms with Gasteiger partial charge in [0.15, 0.2) is 0 Å². The number of nitrogens with zero attached hydrogens (tertiary/aromatic N) is 1. The number of hydrogen-bond donors (Lipinski definition) is 1. The Kier molecular flexibility index (Phi) is 6.04. The van der Waals surface area contributed by atoms with Gasteiger partial charge in [-0.15, -0.1) is 0 Å². The van der Waals surface area contributed by atoms with Crippen LogP contribution in [-0.4, -0.2) is 54.9 Å². The number of carboxylic acids is 1. The number of ether oxygens (including phenoxy) is 2. The van der Waals surface area contributed by atoms with Crippen molar-refractivity contribution in [3.63, 3.8) is 0 Å². The summed E-state index contributed by atoms with van der Waals surface area (Å²) in [7, 11) is 0. The Morgan fingerprint density at radius 2 is 1.92 bits per heavy atom. The van der Waals surface area contributed by atoms with Crippen molar-refractivity contribution in [3.8, 4) is 5.75 Å². The van der Waals surface area contributed by atoms with Gasteiger partial charge in [0, 0.05) is 19.6 Å². The van der Waals surface area contributed by atoms with Gasteiger partial charge in [0.1, 0.15) is 17.9 Å². The normalized spacial score (nSPS) is 18.0. The second-order valence-electron chi connectivity index (χ2n) is 6.13. The summed E-state index contributed by atoms with van der Waals surface area (Å²) in [5, 5.41) is 9.18. The third kappa shape index (κ3) is 5.05. The molecule has 1 heterocycles. The Bertz CT molecular complexity index is 689. The molecule has 0 aliphatic carbocycles. The lowest BCUT2D eigenvalue weighted by Crippen LogP contribution is -2.44. The minimum atomic E-state index is -0.968. The maximum Gasteiger partial charge on any atom is 0.339 e. The molecule has 1 aliphatic rings. The fraction of sp³-hybridized carbons (Fsp3) is 0.350. The van der Waals surface area contributed by atoms with E-state index in [0.29, 0.717) is 19.0 Å². The Labute approximate surface area is 147 Å². The molecular formula is C20H23NO4. The smallest absolute Gasteiger partial charge is 0.339 e. The molecule has 1 N–H and O–H groups in total. The second-order valence-corrected chi connectivity index (χ2v) is 6.13. The summed E-state index contributed by atoms with van der Waals surface area (Å²) in [5.74, 6) is -0.547. The van der Waals surface area contributed by atoms with Gasteiger partial charge in [0.25, 0.3) is 0 Å². The van der Waals surface area contributed by atoms with Gasteiger partial charge in [0.05, 0.1) is 12.7 Å². The van der Waals surface area contributed by atoms with E-state index in [0.717, 1.165) is 26.1 Å². The maximum absolute atomic E-state index is 11.2. The van der Waals surface area contributed by atoms with Gasteiger partial charge >= 0.3 is 5.97 Å². The van der Waals surface area contributed by atoms with Crippen molar-refractivity contribution in [1.82, 2.24) is 4.90 Å². The molecule has 1 aliphatic heterocycles. The van der Waals surface area contributed by atoms with Crippen molar-refractivity contribution in [2.45, 2.75) is 12.5 Å². The fourth-order valence-corrected chi connectivity index (χ4v) is 3.04. The molecule has 1 fully saturated rings. The van der Waals surface area contributed by atoms with Crippen molar-refractivity contribution in [1.29, 1.82) is 0 Å². The largest absolute Gasteiger partial charge is 0.491 e. The van der Waals surface area contributed by atoms with Crippen LogP contribution in [0.2, 0.25) is 0 Å². The average Bonchev–Trinajstić information content (AvgIpc) is 2.63. The number of para-hydroxylation sites is 1. The zero-order valence-corrected chi connectivity index (χ0v) is 14.1. The van der Waals surface area contributed by atoms with Crippen molar-refractivity contribution >= 4 is 5.97 Å². The predicted molar refractivity (Wildman–Crippen MR) is 95.2 cm³/mol. The molecule has 0 amide bonds. The molecule has 1 saturated heterocycles. The Morgan fingerprint density at radius 3 is 2.72 bits per heavy atom. The molecule has 0 aromatic heterocycles. The van der Waals surface area contributed by atoms with E-state index < -0.39 is 5.97 Å². The Morgan fingerprint density at radius 1 is 1.16 bits per heavy atom. The molecule has 0 radical (unpaired) electrons. The number of carboxylic acid groups (broad SMARTS) is 1. The molecule has 2 aromatic carbocycles. The van der Waals surface area contributed by atoms with E-state index in [-0.39, 0.29) is 11.7 Å². The summed E-state index contributed by atoms with van der Waals surface area (Å²) in [6.07, 6.45) is 1.09. The van der Waals surface area contributed by atoms with Crippen molar-refractivity contribution in [2.24, 2.45) is 0 Å². The van der Waals surface area contributed by atoms with Crippen molar-refractivity contribution in [3.05, 3.63) is 65.7 Å².